The summed E-state index contributed by atoms with van der Waals surface area (Å²) < 4.78 is 5.91. The van der Waals surface area contributed by atoms with Crippen LogP contribution in [0.25, 0.3) is 0 Å². The zero-order valence-electron chi connectivity index (χ0n) is 11.6. The zero-order valence-corrected chi connectivity index (χ0v) is 11.6. The molecule has 2 saturated heterocycles. The number of rotatable bonds is 2. The van der Waals surface area contributed by atoms with Crippen molar-refractivity contribution < 1.29 is 9.53 Å². The number of nitriles is 1. The predicted octanol–water partition coefficient (Wildman–Crippen LogP) is 0.468. The molecule has 0 aromatic heterocycles. The smallest absolute Gasteiger partial charge is 0.227 e. The highest BCUT2D eigenvalue weighted by Gasteiger charge is 2.54. The molecule has 0 aromatic rings. The first-order valence-electron chi connectivity index (χ1n) is 7.11. The van der Waals surface area contributed by atoms with E-state index in [2.05, 4.69) is 24.8 Å². The lowest BCUT2D eigenvalue weighted by Crippen LogP contribution is -2.71. The van der Waals surface area contributed by atoms with Gasteiger partial charge < -0.3 is 9.64 Å². The molecular formula is C14H21N3O2. The molecule has 1 saturated carbocycles. The van der Waals surface area contributed by atoms with Crippen molar-refractivity contribution in [1.29, 1.82) is 5.26 Å². The minimum atomic E-state index is -0.144. The molecule has 5 heteroatoms. The van der Waals surface area contributed by atoms with E-state index >= 15 is 0 Å². The maximum atomic E-state index is 12.1. The van der Waals surface area contributed by atoms with E-state index in [4.69, 9.17) is 10.00 Å². The highest BCUT2D eigenvalue weighted by Crippen LogP contribution is 2.41. The molecule has 0 aromatic carbocycles. The van der Waals surface area contributed by atoms with Crippen molar-refractivity contribution in [2.75, 3.05) is 32.8 Å². The Morgan fingerprint density at radius 2 is 2.16 bits per heavy atom. The summed E-state index contributed by atoms with van der Waals surface area (Å²) in [5, 5.41) is 8.78. The average molecular weight is 263 g/mol. The minimum Gasteiger partial charge on any atom is -0.369 e. The van der Waals surface area contributed by atoms with Crippen molar-refractivity contribution in [1.82, 2.24) is 9.80 Å². The summed E-state index contributed by atoms with van der Waals surface area (Å²) in [6.45, 7) is 8.44. The highest BCUT2D eigenvalue weighted by atomic mass is 16.5. The van der Waals surface area contributed by atoms with E-state index in [-0.39, 0.29) is 23.3 Å². The average Bonchev–Trinajstić information content (AvgIpc) is 3.14. The monoisotopic (exact) mass is 263 g/mol. The minimum absolute atomic E-state index is 0.0351. The molecule has 104 valence electrons. The number of amides is 1. The predicted molar refractivity (Wildman–Crippen MR) is 69.2 cm³/mol. The third-order valence-electron chi connectivity index (χ3n) is 4.55. The first-order chi connectivity index (χ1) is 9.04. The Morgan fingerprint density at radius 3 is 2.74 bits per heavy atom. The summed E-state index contributed by atoms with van der Waals surface area (Å²) in [7, 11) is 0. The van der Waals surface area contributed by atoms with Crippen LogP contribution in [0.2, 0.25) is 0 Å². The lowest BCUT2D eigenvalue weighted by atomic mass is 9.90. The van der Waals surface area contributed by atoms with Crippen LogP contribution >= 0.6 is 0 Å². The van der Waals surface area contributed by atoms with Gasteiger partial charge >= 0.3 is 0 Å². The summed E-state index contributed by atoms with van der Waals surface area (Å²) in [4.78, 5) is 16.4. The maximum Gasteiger partial charge on any atom is 0.227 e. The van der Waals surface area contributed by atoms with Crippen LogP contribution in [0.3, 0.4) is 0 Å². The van der Waals surface area contributed by atoms with Gasteiger partial charge in [0, 0.05) is 19.1 Å². The van der Waals surface area contributed by atoms with Gasteiger partial charge in [0.25, 0.3) is 0 Å². The number of carbonyl (C=O) groups excluding carboxylic acids is 1. The lowest BCUT2D eigenvalue weighted by molar-refractivity contribution is -0.195. The second kappa shape index (κ2) is 4.46. The van der Waals surface area contributed by atoms with Crippen LogP contribution in [-0.4, -0.2) is 60.1 Å². The van der Waals surface area contributed by atoms with E-state index in [1.54, 1.807) is 0 Å². The Balaban J connectivity index is 1.54. The fourth-order valence-electron chi connectivity index (χ4n) is 3.16. The molecule has 0 unspecified atom stereocenters. The van der Waals surface area contributed by atoms with Crippen molar-refractivity contribution in [3.05, 3.63) is 0 Å². The van der Waals surface area contributed by atoms with Crippen molar-refractivity contribution in [3.63, 3.8) is 0 Å². The lowest BCUT2D eigenvalue weighted by Gasteiger charge is -2.54. The quantitative estimate of drug-likeness (QED) is 0.726. The number of hydrogen-bond acceptors (Lipinski definition) is 4. The van der Waals surface area contributed by atoms with Crippen molar-refractivity contribution in [2.24, 2.45) is 11.8 Å². The molecule has 1 amide bonds. The second-order valence-electron chi connectivity index (χ2n) is 6.37. The molecule has 0 N–H and O–H groups in total. The van der Waals surface area contributed by atoms with E-state index in [9.17, 15) is 4.79 Å². The van der Waals surface area contributed by atoms with E-state index in [0.29, 0.717) is 19.1 Å². The molecule has 2 heterocycles. The molecule has 5 nitrogen and oxygen atoms in total. The molecule has 2 atom stereocenters. The maximum absolute atomic E-state index is 12.1. The Morgan fingerprint density at radius 1 is 1.42 bits per heavy atom. The van der Waals surface area contributed by atoms with Gasteiger partial charge in [-0.25, -0.2) is 0 Å². The van der Waals surface area contributed by atoms with Crippen LogP contribution < -0.4 is 0 Å². The number of nitrogens with zero attached hydrogens (tertiary/aromatic N) is 3. The molecule has 1 aliphatic carbocycles. The van der Waals surface area contributed by atoms with E-state index in [1.165, 1.54) is 0 Å². The van der Waals surface area contributed by atoms with Crippen LogP contribution in [0, 0.1) is 23.2 Å². The Labute approximate surface area is 114 Å². The number of ether oxygens (including phenoxy) is 1. The molecule has 3 aliphatic rings. The standard InChI is InChI=1S/C14H21N3O2/c1-10(2)16-3-4-19-14(7-16)8-17(9-14)13(18)12-5-11(12)6-15/h10-12H,3-5,7-9H2,1-2H3/t11-,12+/m0/s1. The van der Waals surface area contributed by atoms with Crippen LogP contribution in [0.5, 0.6) is 0 Å². The van der Waals surface area contributed by atoms with Gasteiger partial charge in [0.15, 0.2) is 0 Å². The van der Waals surface area contributed by atoms with Gasteiger partial charge in [0.1, 0.15) is 5.60 Å². The summed E-state index contributed by atoms with van der Waals surface area (Å²) in [6.07, 6.45) is 0.748. The van der Waals surface area contributed by atoms with Crippen molar-refractivity contribution in [3.8, 4) is 6.07 Å². The van der Waals surface area contributed by atoms with Crippen molar-refractivity contribution >= 4 is 5.91 Å². The van der Waals surface area contributed by atoms with Crippen LogP contribution in [0.4, 0.5) is 0 Å². The van der Waals surface area contributed by atoms with Gasteiger partial charge in [-0.2, -0.15) is 5.26 Å². The fraction of sp³-hybridized carbons (Fsp3) is 0.857. The summed E-state index contributed by atoms with van der Waals surface area (Å²) in [5.41, 5.74) is -0.144. The van der Waals surface area contributed by atoms with Crippen LogP contribution in [-0.2, 0) is 9.53 Å². The fourth-order valence-corrected chi connectivity index (χ4v) is 3.16. The first-order valence-corrected chi connectivity index (χ1v) is 7.11. The molecule has 1 spiro atoms. The third kappa shape index (κ3) is 2.24. The number of carbonyl (C=O) groups is 1. The molecule has 0 radical (unpaired) electrons. The SMILES string of the molecule is CC(C)N1CCOC2(CN(C(=O)[C@@H]3C[C@H]3C#N)C2)C1. The Bertz CT molecular complexity index is 423. The molecule has 0 bridgehead atoms. The van der Waals surface area contributed by atoms with E-state index in [0.717, 1.165) is 26.1 Å². The van der Waals surface area contributed by atoms with E-state index in [1.807, 2.05) is 4.90 Å². The first kappa shape index (κ1) is 12.9. The highest BCUT2D eigenvalue weighted by molar-refractivity contribution is 5.83. The molecule has 19 heavy (non-hydrogen) atoms. The van der Waals surface area contributed by atoms with Gasteiger partial charge in [-0.3, -0.25) is 9.69 Å². The molecule has 3 fully saturated rings. The Hall–Kier alpha value is -1.12. The number of likely N-dealkylation sites (tertiary alicyclic amines) is 1. The topological polar surface area (TPSA) is 56.6 Å². The number of morpholine rings is 1. The largest absolute Gasteiger partial charge is 0.369 e. The van der Waals surface area contributed by atoms with Gasteiger partial charge in [-0.15, -0.1) is 0 Å². The van der Waals surface area contributed by atoms with Gasteiger partial charge in [0.05, 0.1) is 37.6 Å². The normalized spacial score (nSPS) is 33.1. The van der Waals surface area contributed by atoms with E-state index < -0.39 is 0 Å². The second-order valence-corrected chi connectivity index (χ2v) is 6.37. The molecule has 2 aliphatic heterocycles. The third-order valence-corrected chi connectivity index (χ3v) is 4.55. The summed E-state index contributed by atoms with van der Waals surface area (Å²) in [6, 6.07) is 2.70. The number of hydrogen-bond donors (Lipinski definition) is 0. The van der Waals surface area contributed by atoms with Gasteiger partial charge in [0.2, 0.25) is 5.91 Å². The summed E-state index contributed by atoms with van der Waals surface area (Å²) >= 11 is 0. The van der Waals surface area contributed by atoms with Crippen LogP contribution in [0.1, 0.15) is 20.3 Å². The van der Waals surface area contributed by atoms with Gasteiger partial charge in [-0.1, -0.05) is 0 Å². The zero-order chi connectivity index (χ0) is 13.6. The van der Waals surface area contributed by atoms with Crippen molar-refractivity contribution in [2.45, 2.75) is 31.9 Å². The summed E-state index contributed by atoms with van der Waals surface area (Å²) in [5.74, 6) is 0.0816. The molecular weight excluding hydrogens is 242 g/mol. The molecule has 3 rings (SSSR count). The van der Waals surface area contributed by atoms with Gasteiger partial charge in [-0.05, 0) is 20.3 Å². The van der Waals surface area contributed by atoms with Crippen LogP contribution in [0.15, 0.2) is 0 Å². The Kier molecular flexibility index (Phi) is 3.03.